The molecule has 0 saturated carbocycles. The van der Waals surface area contributed by atoms with Crippen LogP contribution < -0.4 is 0 Å². The topological polar surface area (TPSA) is 26.8 Å². The number of carbonyl (C=O) groups is 1. The number of amides is 2. The summed E-state index contributed by atoms with van der Waals surface area (Å²) in [5.41, 5.74) is 0.996. The smallest absolute Gasteiger partial charge is 0.320 e. The third-order valence-corrected chi connectivity index (χ3v) is 4.56. The fourth-order valence-electron chi connectivity index (χ4n) is 3.28. The van der Waals surface area contributed by atoms with Crippen molar-refractivity contribution in [3.05, 3.63) is 35.6 Å². The van der Waals surface area contributed by atoms with E-state index < -0.39 is 0 Å². The molecule has 120 valence electrons. The van der Waals surface area contributed by atoms with Gasteiger partial charge in [-0.1, -0.05) is 12.1 Å². The Morgan fingerprint density at radius 1 is 0.955 bits per heavy atom. The molecule has 0 radical (unpaired) electrons. The molecule has 1 aromatic rings. The Kier molecular flexibility index (Phi) is 4.93. The number of likely N-dealkylation sites (tertiary alicyclic amines) is 1. The predicted octanol–water partition coefficient (Wildman–Crippen LogP) is 2.55. The van der Waals surface area contributed by atoms with E-state index in [1.54, 1.807) is 12.1 Å². The normalized spacial score (nSPS) is 20.2. The summed E-state index contributed by atoms with van der Waals surface area (Å²) in [5, 5.41) is 0. The number of carbonyl (C=O) groups excluding carboxylic acids is 1. The summed E-state index contributed by atoms with van der Waals surface area (Å²) in [6, 6.07) is 6.96. The standard InChI is InChI=1S/C17H24FN3O/c18-16-6-4-5-15(13-16)14-19-9-11-21(12-10-19)17(22)20-7-2-1-3-8-20/h4-6,13H,1-3,7-12,14H2. The van der Waals surface area contributed by atoms with E-state index >= 15 is 0 Å². The van der Waals surface area contributed by atoms with Crippen molar-refractivity contribution < 1.29 is 9.18 Å². The van der Waals surface area contributed by atoms with Crippen LogP contribution in [0.5, 0.6) is 0 Å². The molecule has 22 heavy (non-hydrogen) atoms. The van der Waals surface area contributed by atoms with Gasteiger partial charge in [-0.3, -0.25) is 4.90 Å². The summed E-state index contributed by atoms with van der Waals surface area (Å²) in [6.07, 6.45) is 3.50. The molecular weight excluding hydrogens is 281 g/mol. The minimum atomic E-state index is -0.184. The molecule has 3 rings (SSSR count). The van der Waals surface area contributed by atoms with E-state index in [0.29, 0.717) is 0 Å². The van der Waals surface area contributed by atoms with Crippen LogP contribution in [0.3, 0.4) is 0 Å². The fourth-order valence-corrected chi connectivity index (χ4v) is 3.28. The van der Waals surface area contributed by atoms with Crippen LogP contribution in [-0.4, -0.2) is 60.0 Å². The number of benzene rings is 1. The molecule has 0 aromatic heterocycles. The highest BCUT2D eigenvalue weighted by atomic mass is 19.1. The molecule has 2 saturated heterocycles. The summed E-state index contributed by atoms with van der Waals surface area (Å²) >= 11 is 0. The van der Waals surface area contributed by atoms with Gasteiger partial charge in [0.25, 0.3) is 0 Å². The largest absolute Gasteiger partial charge is 0.325 e. The maximum Gasteiger partial charge on any atom is 0.320 e. The van der Waals surface area contributed by atoms with Crippen molar-refractivity contribution in [2.45, 2.75) is 25.8 Å². The first-order valence-corrected chi connectivity index (χ1v) is 8.23. The zero-order valence-corrected chi connectivity index (χ0v) is 13.0. The van der Waals surface area contributed by atoms with Crippen LogP contribution in [0, 0.1) is 5.82 Å². The Labute approximate surface area is 131 Å². The highest BCUT2D eigenvalue weighted by molar-refractivity contribution is 5.74. The van der Waals surface area contributed by atoms with Crippen LogP contribution in [0.1, 0.15) is 24.8 Å². The van der Waals surface area contributed by atoms with Gasteiger partial charge in [-0.05, 0) is 37.0 Å². The van der Waals surface area contributed by atoms with Crippen LogP contribution in [0.15, 0.2) is 24.3 Å². The van der Waals surface area contributed by atoms with Crippen molar-refractivity contribution in [2.75, 3.05) is 39.3 Å². The average molecular weight is 305 g/mol. The molecule has 2 amide bonds. The SMILES string of the molecule is O=C(N1CCCCC1)N1CCN(Cc2cccc(F)c2)CC1. The first kappa shape index (κ1) is 15.3. The molecule has 0 unspecified atom stereocenters. The van der Waals surface area contributed by atoms with E-state index in [4.69, 9.17) is 0 Å². The average Bonchev–Trinajstić information content (AvgIpc) is 2.56. The molecule has 1 aromatic carbocycles. The van der Waals surface area contributed by atoms with Gasteiger partial charge in [0.05, 0.1) is 0 Å². The van der Waals surface area contributed by atoms with E-state index in [2.05, 4.69) is 4.90 Å². The lowest BCUT2D eigenvalue weighted by atomic mass is 10.1. The van der Waals surface area contributed by atoms with Gasteiger partial charge in [-0.15, -0.1) is 0 Å². The number of urea groups is 1. The van der Waals surface area contributed by atoms with Gasteiger partial charge in [-0.25, -0.2) is 9.18 Å². The summed E-state index contributed by atoms with van der Waals surface area (Å²) < 4.78 is 13.2. The quantitative estimate of drug-likeness (QED) is 0.839. The zero-order valence-electron chi connectivity index (χ0n) is 13.0. The second-order valence-electron chi connectivity index (χ2n) is 6.22. The summed E-state index contributed by atoms with van der Waals surface area (Å²) in [5.74, 6) is -0.184. The highest BCUT2D eigenvalue weighted by Gasteiger charge is 2.26. The number of hydrogen-bond acceptors (Lipinski definition) is 2. The van der Waals surface area contributed by atoms with Crippen LogP contribution in [0.2, 0.25) is 0 Å². The van der Waals surface area contributed by atoms with E-state index in [-0.39, 0.29) is 11.8 Å². The Balaban J connectivity index is 1.48. The van der Waals surface area contributed by atoms with Gasteiger partial charge in [0.2, 0.25) is 0 Å². The molecule has 0 aliphatic carbocycles. The number of rotatable bonds is 2. The first-order chi connectivity index (χ1) is 10.7. The highest BCUT2D eigenvalue weighted by Crippen LogP contribution is 2.14. The molecule has 2 heterocycles. The van der Waals surface area contributed by atoms with Gasteiger partial charge >= 0.3 is 6.03 Å². The van der Waals surface area contributed by atoms with Crippen molar-refractivity contribution in [1.29, 1.82) is 0 Å². The molecule has 0 atom stereocenters. The van der Waals surface area contributed by atoms with Crippen molar-refractivity contribution in [3.8, 4) is 0 Å². The third-order valence-electron chi connectivity index (χ3n) is 4.56. The minimum Gasteiger partial charge on any atom is -0.325 e. The summed E-state index contributed by atoms with van der Waals surface area (Å²) in [6.45, 7) is 5.82. The van der Waals surface area contributed by atoms with Crippen molar-refractivity contribution in [2.24, 2.45) is 0 Å². The van der Waals surface area contributed by atoms with E-state index in [9.17, 15) is 9.18 Å². The number of piperidine rings is 1. The van der Waals surface area contributed by atoms with E-state index in [1.165, 1.54) is 12.5 Å². The molecular formula is C17H24FN3O. The Bertz CT molecular complexity index is 508. The molecule has 2 aliphatic rings. The third kappa shape index (κ3) is 3.77. The molecule has 4 nitrogen and oxygen atoms in total. The van der Waals surface area contributed by atoms with Crippen molar-refractivity contribution in [3.63, 3.8) is 0 Å². The lowest BCUT2D eigenvalue weighted by Crippen LogP contribution is -2.53. The second-order valence-corrected chi connectivity index (χ2v) is 6.22. The maximum atomic E-state index is 13.2. The minimum absolute atomic E-state index is 0.184. The summed E-state index contributed by atoms with van der Waals surface area (Å²) in [4.78, 5) is 18.7. The number of halogens is 1. The Morgan fingerprint density at radius 2 is 1.64 bits per heavy atom. The monoisotopic (exact) mass is 305 g/mol. The molecule has 0 spiro atoms. The molecule has 2 fully saturated rings. The molecule has 2 aliphatic heterocycles. The van der Waals surface area contributed by atoms with Gasteiger partial charge in [0.1, 0.15) is 5.82 Å². The van der Waals surface area contributed by atoms with E-state index in [1.807, 2.05) is 15.9 Å². The Morgan fingerprint density at radius 3 is 2.32 bits per heavy atom. The molecule has 0 N–H and O–H groups in total. The molecule has 5 heteroatoms. The van der Waals surface area contributed by atoms with Gasteiger partial charge in [0.15, 0.2) is 0 Å². The second kappa shape index (κ2) is 7.09. The van der Waals surface area contributed by atoms with Crippen LogP contribution in [-0.2, 0) is 6.54 Å². The molecule has 0 bridgehead atoms. The lowest BCUT2D eigenvalue weighted by molar-refractivity contribution is 0.105. The predicted molar refractivity (Wildman–Crippen MR) is 84.1 cm³/mol. The number of piperazine rings is 1. The Hall–Kier alpha value is -1.62. The number of hydrogen-bond donors (Lipinski definition) is 0. The van der Waals surface area contributed by atoms with E-state index in [0.717, 1.165) is 64.2 Å². The van der Waals surface area contributed by atoms with Gasteiger partial charge < -0.3 is 9.80 Å². The van der Waals surface area contributed by atoms with Crippen molar-refractivity contribution in [1.82, 2.24) is 14.7 Å². The maximum absolute atomic E-state index is 13.2. The fraction of sp³-hybridized carbons (Fsp3) is 0.588. The zero-order chi connectivity index (χ0) is 15.4. The van der Waals surface area contributed by atoms with Crippen molar-refractivity contribution >= 4 is 6.03 Å². The van der Waals surface area contributed by atoms with Gasteiger partial charge in [0, 0.05) is 45.8 Å². The van der Waals surface area contributed by atoms with Gasteiger partial charge in [-0.2, -0.15) is 0 Å². The van der Waals surface area contributed by atoms with Crippen LogP contribution >= 0.6 is 0 Å². The first-order valence-electron chi connectivity index (χ1n) is 8.23. The van der Waals surface area contributed by atoms with Crippen LogP contribution in [0.4, 0.5) is 9.18 Å². The summed E-state index contributed by atoms with van der Waals surface area (Å²) in [7, 11) is 0. The lowest BCUT2D eigenvalue weighted by Gasteiger charge is -2.38. The number of nitrogens with zero attached hydrogens (tertiary/aromatic N) is 3. The van der Waals surface area contributed by atoms with Crippen LogP contribution in [0.25, 0.3) is 0 Å².